The lowest BCUT2D eigenvalue weighted by atomic mass is 9.95. The first-order valence-corrected chi connectivity index (χ1v) is 8.01. The van der Waals surface area contributed by atoms with E-state index in [2.05, 4.69) is 20.3 Å². The van der Waals surface area contributed by atoms with Gasteiger partial charge in [0.25, 0.3) is 0 Å². The minimum Gasteiger partial charge on any atom is -0.366 e. The van der Waals surface area contributed by atoms with Gasteiger partial charge in [-0.3, -0.25) is 0 Å². The number of nitrogens with one attached hydrogen (secondary N) is 1. The normalized spacial score (nSPS) is 16.7. The van der Waals surface area contributed by atoms with E-state index < -0.39 is 0 Å². The van der Waals surface area contributed by atoms with Crippen molar-refractivity contribution in [3.8, 4) is 0 Å². The molecule has 1 aliphatic carbocycles. The van der Waals surface area contributed by atoms with Crippen LogP contribution in [0.2, 0.25) is 0 Å². The molecule has 19 heavy (non-hydrogen) atoms. The summed E-state index contributed by atoms with van der Waals surface area (Å²) in [6.45, 7) is 0. The van der Waals surface area contributed by atoms with Crippen molar-refractivity contribution in [3.63, 3.8) is 0 Å². The van der Waals surface area contributed by atoms with Gasteiger partial charge >= 0.3 is 0 Å². The molecule has 2 heterocycles. The van der Waals surface area contributed by atoms with Crippen molar-refractivity contribution in [3.05, 3.63) is 18.5 Å². The third-order valence-corrected chi connectivity index (χ3v) is 4.17. The lowest BCUT2D eigenvalue weighted by molar-refractivity contribution is 0.462. The predicted octanol–water partition coefficient (Wildman–Crippen LogP) is 3.49. The second-order valence-electron chi connectivity index (χ2n) is 4.93. The summed E-state index contributed by atoms with van der Waals surface area (Å²) in [7, 11) is 0. The Balaban J connectivity index is 1.92. The predicted molar refractivity (Wildman–Crippen MR) is 79.6 cm³/mol. The molecule has 2 aromatic rings. The van der Waals surface area contributed by atoms with Crippen molar-refractivity contribution in [2.24, 2.45) is 0 Å². The molecule has 4 nitrogen and oxygen atoms in total. The van der Waals surface area contributed by atoms with Crippen molar-refractivity contribution in [2.45, 2.75) is 43.3 Å². The van der Waals surface area contributed by atoms with E-state index in [0.717, 1.165) is 21.9 Å². The molecule has 0 aromatic carbocycles. The van der Waals surface area contributed by atoms with Crippen molar-refractivity contribution in [1.82, 2.24) is 15.0 Å². The smallest absolute Gasteiger partial charge is 0.187 e. The lowest BCUT2D eigenvalue weighted by Crippen LogP contribution is -2.23. The molecule has 100 valence electrons. The van der Waals surface area contributed by atoms with Crippen molar-refractivity contribution in [1.29, 1.82) is 0 Å². The zero-order chi connectivity index (χ0) is 13.1. The van der Waals surface area contributed by atoms with E-state index in [0.29, 0.717) is 6.04 Å². The van der Waals surface area contributed by atoms with E-state index in [1.54, 1.807) is 11.8 Å². The molecule has 2 aromatic heterocycles. The Hall–Kier alpha value is -1.36. The maximum atomic E-state index is 4.59. The van der Waals surface area contributed by atoms with Gasteiger partial charge in [0.2, 0.25) is 0 Å². The Morgan fingerprint density at radius 3 is 2.84 bits per heavy atom. The average molecular weight is 274 g/mol. The summed E-state index contributed by atoms with van der Waals surface area (Å²) in [6.07, 6.45) is 12.2. The Labute approximate surface area is 117 Å². The van der Waals surface area contributed by atoms with Crippen LogP contribution in [-0.2, 0) is 0 Å². The zero-order valence-electron chi connectivity index (χ0n) is 11.1. The third-order valence-electron chi connectivity index (χ3n) is 3.61. The molecule has 0 bridgehead atoms. The number of rotatable bonds is 3. The molecule has 1 fully saturated rings. The van der Waals surface area contributed by atoms with Crippen LogP contribution in [0.3, 0.4) is 0 Å². The summed E-state index contributed by atoms with van der Waals surface area (Å²) < 4.78 is 0. The number of thioether (sulfide) groups is 1. The Bertz CT molecular complexity index is 566. The number of anilines is 1. The molecule has 0 spiro atoms. The number of hydrogen-bond acceptors (Lipinski definition) is 5. The minimum absolute atomic E-state index is 0.541. The van der Waals surface area contributed by atoms with Crippen LogP contribution in [0.25, 0.3) is 10.9 Å². The largest absolute Gasteiger partial charge is 0.366 e. The SMILES string of the molecule is CSc1ncc2ccnc(NC3CCCCC3)c2n1. The van der Waals surface area contributed by atoms with Crippen molar-refractivity contribution in [2.75, 3.05) is 11.6 Å². The van der Waals surface area contributed by atoms with E-state index >= 15 is 0 Å². The number of pyridine rings is 1. The topological polar surface area (TPSA) is 50.7 Å². The van der Waals surface area contributed by atoms with Crippen molar-refractivity contribution < 1.29 is 0 Å². The van der Waals surface area contributed by atoms with Gasteiger partial charge in [-0.05, 0) is 25.2 Å². The quantitative estimate of drug-likeness (QED) is 0.686. The number of nitrogens with zero attached hydrogens (tertiary/aromatic N) is 3. The molecule has 3 rings (SSSR count). The van der Waals surface area contributed by atoms with E-state index in [1.807, 2.05) is 24.7 Å². The highest BCUT2D eigenvalue weighted by Crippen LogP contribution is 2.25. The van der Waals surface area contributed by atoms with E-state index in [1.165, 1.54) is 32.1 Å². The Morgan fingerprint density at radius 2 is 2.05 bits per heavy atom. The van der Waals surface area contributed by atoms with Gasteiger partial charge in [0.1, 0.15) is 5.52 Å². The van der Waals surface area contributed by atoms with Gasteiger partial charge in [-0.2, -0.15) is 0 Å². The first kappa shape index (κ1) is 12.7. The molecule has 0 amide bonds. The highest BCUT2D eigenvalue weighted by Gasteiger charge is 2.15. The number of aromatic nitrogens is 3. The summed E-state index contributed by atoms with van der Waals surface area (Å²) in [6, 6.07) is 2.51. The summed E-state index contributed by atoms with van der Waals surface area (Å²) in [5.41, 5.74) is 0.937. The van der Waals surface area contributed by atoms with Gasteiger partial charge in [-0.15, -0.1) is 0 Å². The zero-order valence-corrected chi connectivity index (χ0v) is 11.9. The maximum absolute atomic E-state index is 4.59. The highest BCUT2D eigenvalue weighted by atomic mass is 32.2. The fourth-order valence-electron chi connectivity index (χ4n) is 2.58. The van der Waals surface area contributed by atoms with Gasteiger partial charge in [0, 0.05) is 23.8 Å². The molecular formula is C14H18N4S. The van der Waals surface area contributed by atoms with Crippen LogP contribution in [0.4, 0.5) is 5.82 Å². The lowest BCUT2D eigenvalue weighted by Gasteiger charge is -2.23. The summed E-state index contributed by atoms with van der Waals surface area (Å²) in [5.74, 6) is 0.905. The first-order valence-electron chi connectivity index (χ1n) is 6.79. The van der Waals surface area contributed by atoms with Gasteiger partial charge in [0.15, 0.2) is 11.0 Å². The van der Waals surface area contributed by atoms with Crippen LogP contribution in [0, 0.1) is 0 Å². The van der Waals surface area contributed by atoms with E-state index in [-0.39, 0.29) is 0 Å². The number of hydrogen-bond donors (Lipinski definition) is 1. The van der Waals surface area contributed by atoms with Gasteiger partial charge < -0.3 is 5.32 Å². The molecule has 0 radical (unpaired) electrons. The van der Waals surface area contributed by atoms with Crippen LogP contribution in [0.1, 0.15) is 32.1 Å². The summed E-state index contributed by atoms with van der Waals surface area (Å²) in [4.78, 5) is 13.4. The second-order valence-corrected chi connectivity index (χ2v) is 5.71. The Kier molecular flexibility index (Phi) is 3.82. The molecule has 0 unspecified atom stereocenters. The van der Waals surface area contributed by atoms with Crippen LogP contribution < -0.4 is 5.32 Å². The second kappa shape index (κ2) is 5.74. The first-order chi connectivity index (χ1) is 9.36. The third kappa shape index (κ3) is 2.81. The number of fused-ring (bicyclic) bond motifs is 1. The monoisotopic (exact) mass is 274 g/mol. The fraction of sp³-hybridized carbons (Fsp3) is 0.500. The molecule has 5 heteroatoms. The van der Waals surface area contributed by atoms with Crippen LogP contribution >= 0.6 is 11.8 Å². The molecule has 0 saturated heterocycles. The molecule has 1 N–H and O–H groups in total. The molecule has 1 aliphatic rings. The van der Waals surface area contributed by atoms with Gasteiger partial charge in [0.05, 0.1) is 0 Å². The van der Waals surface area contributed by atoms with Crippen LogP contribution in [0.15, 0.2) is 23.6 Å². The van der Waals surface area contributed by atoms with Gasteiger partial charge in [-0.25, -0.2) is 15.0 Å². The van der Waals surface area contributed by atoms with Gasteiger partial charge in [-0.1, -0.05) is 31.0 Å². The molecular weight excluding hydrogens is 256 g/mol. The van der Waals surface area contributed by atoms with Crippen LogP contribution in [-0.4, -0.2) is 27.2 Å². The average Bonchev–Trinajstić information content (AvgIpc) is 2.48. The highest BCUT2D eigenvalue weighted by molar-refractivity contribution is 7.98. The van der Waals surface area contributed by atoms with E-state index in [4.69, 9.17) is 0 Å². The van der Waals surface area contributed by atoms with Crippen LogP contribution in [0.5, 0.6) is 0 Å². The molecule has 0 aliphatic heterocycles. The minimum atomic E-state index is 0.541. The summed E-state index contributed by atoms with van der Waals surface area (Å²) >= 11 is 1.56. The fourth-order valence-corrected chi connectivity index (χ4v) is 2.92. The molecule has 1 saturated carbocycles. The van der Waals surface area contributed by atoms with E-state index in [9.17, 15) is 0 Å². The standard InChI is InChI=1S/C14H18N4S/c1-19-14-16-9-10-7-8-15-13(12(10)18-14)17-11-5-3-2-4-6-11/h7-9,11H,2-6H2,1H3,(H,15,17). The van der Waals surface area contributed by atoms with Crippen molar-refractivity contribution >= 4 is 28.5 Å². The summed E-state index contributed by atoms with van der Waals surface area (Å²) in [5, 5.41) is 5.41. The maximum Gasteiger partial charge on any atom is 0.187 e. The Morgan fingerprint density at radius 1 is 1.21 bits per heavy atom. The molecule has 0 atom stereocenters.